The Bertz CT molecular complexity index is 258. The van der Waals surface area contributed by atoms with Gasteiger partial charge in [-0.3, -0.25) is 0 Å². The van der Waals surface area contributed by atoms with Gasteiger partial charge in [-0.25, -0.2) is 13.1 Å². The Morgan fingerprint density at radius 3 is 2.50 bits per heavy atom. The van der Waals surface area contributed by atoms with Gasteiger partial charge in [0.2, 0.25) is 10.0 Å². The zero-order valence-corrected chi connectivity index (χ0v) is 8.83. The van der Waals surface area contributed by atoms with Crippen molar-refractivity contribution in [3.05, 3.63) is 7.05 Å². The van der Waals surface area contributed by atoms with E-state index in [1.54, 1.807) is 4.72 Å². The number of hydrogen-bond acceptors (Lipinski definition) is 4. The minimum atomic E-state index is -3.31. The van der Waals surface area contributed by atoms with Crippen molar-refractivity contribution >= 4 is 10.0 Å². The molecule has 2 N–H and O–H groups in total. The lowest BCUT2D eigenvalue weighted by atomic mass is 10.1. The second-order valence-corrected chi connectivity index (χ2v) is 5.38. The lowest BCUT2D eigenvalue weighted by molar-refractivity contribution is 0.0855. The first-order chi connectivity index (χ1) is 6.53. The van der Waals surface area contributed by atoms with Crippen LogP contribution in [0, 0.1) is 7.05 Å². The fourth-order valence-corrected chi connectivity index (χ4v) is 2.07. The van der Waals surface area contributed by atoms with E-state index in [2.05, 4.69) is 0 Å². The molecule has 14 heavy (non-hydrogen) atoms. The maximum absolute atomic E-state index is 11.0. The van der Waals surface area contributed by atoms with E-state index in [0.29, 0.717) is 6.54 Å². The highest BCUT2D eigenvalue weighted by molar-refractivity contribution is 7.89. The second-order valence-electron chi connectivity index (χ2n) is 3.51. The van der Waals surface area contributed by atoms with E-state index < -0.39 is 10.0 Å². The summed E-state index contributed by atoms with van der Waals surface area (Å²) in [5, 5.41) is 9.22. The fraction of sp³-hybridized carbons (Fsp3) is 0.875. The Balaban J connectivity index is 2.26. The molecule has 1 heterocycles. The summed E-state index contributed by atoms with van der Waals surface area (Å²) in [6, 6.07) is 0. The summed E-state index contributed by atoms with van der Waals surface area (Å²) in [7, 11) is 1.54. The topological polar surface area (TPSA) is 69.6 Å². The molecule has 0 amide bonds. The third-order valence-electron chi connectivity index (χ3n) is 2.41. The van der Waals surface area contributed by atoms with Gasteiger partial charge in [0.1, 0.15) is 0 Å². The van der Waals surface area contributed by atoms with Crippen LogP contribution in [0.5, 0.6) is 0 Å². The molecule has 0 spiro atoms. The number of nitrogens with zero attached hydrogens (tertiary/aromatic N) is 1. The number of piperidine rings is 1. The average molecular weight is 220 g/mol. The molecule has 6 heteroatoms. The van der Waals surface area contributed by atoms with E-state index in [4.69, 9.17) is 7.05 Å². The first-order valence-electron chi connectivity index (χ1n) is 4.64. The molecule has 0 aliphatic carbocycles. The average Bonchev–Trinajstić information content (AvgIpc) is 2.17. The molecule has 0 atom stereocenters. The normalized spacial score (nSPS) is 21.3. The van der Waals surface area contributed by atoms with Gasteiger partial charge in [-0.05, 0) is 12.8 Å². The third-order valence-corrected chi connectivity index (χ3v) is 3.49. The summed E-state index contributed by atoms with van der Waals surface area (Å²) in [6.07, 6.45) is 1.21. The number of rotatable bonds is 4. The van der Waals surface area contributed by atoms with Crippen molar-refractivity contribution in [2.45, 2.75) is 18.9 Å². The monoisotopic (exact) mass is 220 g/mol. The molecule has 1 fully saturated rings. The largest absolute Gasteiger partial charge is 0.393 e. The van der Waals surface area contributed by atoms with E-state index in [9.17, 15) is 13.5 Å². The molecule has 0 aromatic rings. The summed E-state index contributed by atoms with van der Waals surface area (Å²) in [4.78, 5) is 2.02. The van der Waals surface area contributed by atoms with Gasteiger partial charge in [-0.1, -0.05) is 0 Å². The van der Waals surface area contributed by atoms with E-state index in [-0.39, 0.29) is 11.9 Å². The van der Waals surface area contributed by atoms with Crippen LogP contribution >= 0.6 is 0 Å². The van der Waals surface area contributed by atoms with Gasteiger partial charge in [-0.2, -0.15) is 0 Å². The van der Waals surface area contributed by atoms with E-state index in [1.807, 2.05) is 4.90 Å². The predicted octanol–water partition coefficient (Wildman–Crippen LogP) is -0.969. The number of nitrogens with one attached hydrogen (secondary N) is 1. The molecule has 1 saturated heterocycles. The Kier molecular flexibility index (Phi) is 4.31. The van der Waals surface area contributed by atoms with Crippen LogP contribution in [0.3, 0.4) is 0 Å². The number of hydrogen-bond donors (Lipinski definition) is 2. The molecular formula is C8H16N2O3S. The zero-order valence-electron chi connectivity index (χ0n) is 8.02. The molecule has 0 bridgehead atoms. The molecule has 0 aromatic carbocycles. The maximum atomic E-state index is 11.0. The van der Waals surface area contributed by atoms with Crippen LogP contribution in [0.2, 0.25) is 0 Å². The van der Waals surface area contributed by atoms with Crippen molar-refractivity contribution in [2.75, 3.05) is 25.4 Å². The maximum Gasteiger partial charge on any atom is 0.213 e. The highest BCUT2D eigenvalue weighted by Gasteiger charge is 2.18. The summed E-state index contributed by atoms with van der Waals surface area (Å²) >= 11 is 0. The zero-order chi connectivity index (χ0) is 10.6. The summed E-state index contributed by atoms with van der Waals surface area (Å²) in [5.41, 5.74) is 0. The summed E-state index contributed by atoms with van der Waals surface area (Å²) in [5.74, 6) is 0.0135. The van der Waals surface area contributed by atoms with Crippen LogP contribution in [-0.4, -0.2) is 49.9 Å². The van der Waals surface area contributed by atoms with Gasteiger partial charge in [0, 0.05) is 19.6 Å². The Morgan fingerprint density at radius 2 is 2.00 bits per heavy atom. The Labute approximate surface area is 85.2 Å². The molecular weight excluding hydrogens is 204 g/mol. The highest BCUT2D eigenvalue weighted by Crippen LogP contribution is 2.09. The minimum Gasteiger partial charge on any atom is -0.393 e. The van der Waals surface area contributed by atoms with Crippen LogP contribution in [0.4, 0.5) is 0 Å². The summed E-state index contributed by atoms with van der Waals surface area (Å²) in [6.45, 7) is 1.97. The van der Waals surface area contributed by atoms with Crippen molar-refractivity contribution in [1.82, 2.24) is 9.62 Å². The van der Waals surface area contributed by atoms with Crippen LogP contribution in [-0.2, 0) is 10.0 Å². The molecule has 5 nitrogen and oxygen atoms in total. The van der Waals surface area contributed by atoms with Gasteiger partial charge < -0.3 is 10.0 Å². The molecule has 2 radical (unpaired) electrons. The van der Waals surface area contributed by atoms with Gasteiger partial charge >= 0.3 is 0 Å². The van der Waals surface area contributed by atoms with Crippen LogP contribution in [0.15, 0.2) is 0 Å². The van der Waals surface area contributed by atoms with Gasteiger partial charge in [0.05, 0.1) is 18.9 Å². The molecule has 0 unspecified atom stereocenters. The highest BCUT2D eigenvalue weighted by atomic mass is 32.2. The van der Waals surface area contributed by atoms with Crippen LogP contribution in [0.25, 0.3) is 0 Å². The van der Waals surface area contributed by atoms with Crippen molar-refractivity contribution in [3.8, 4) is 0 Å². The Hall–Kier alpha value is -0.170. The second kappa shape index (κ2) is 5.06. The lowest BCUT2D eigenvalue weighted by Gasteiger charge is -2.29. The molecule has 1 aliphatic heterocycles. The number of sulfonamides is 1. The number of likely N-dealkylation sites (tertiary alicyclic amines) is 1. The van der Waals surface area contributed by atoms with E-state index >= 15 is 0 Å². The van der Waals surface area contributed by atoms with Gasteiger partial charge in [0.25, 0.3) is 0 Å². The first kappa shape index (κ1) is 11.9. The standard InChI is InChI=1S/C8H16N2O3S/c1-9-14(12,13)7-6-10-4-2-8(11)3-5-10/h1,8-9,11H,2-7H2. The molecule has 82 valence electrons. The quantitative estimate of drug-likeness (QED) is 0.598. The number of aliphatic hydroxyl groups is 1. The third kappa shape index (κ3) is 3.91. The van der Waals surface area contributed by atoms with Gasteiger partial charge in [0.15, 0.2) is 0 Å². The minimum absolute atomic E-state index is 0.0135. The summed E-state index contributed by atoms with van der Waals surface area (Å²) < 4.78 is 23.8. The van der Waals surface area contributed by atoms with Crippen molar-refractivity contribution in [2.24, 2.45) is 0 Å². The van der Waals surface area contributed by atoms with Gasteiger partial charge in [-0.15, -0.1) is 0 Å². The van der Waals surface area contributed by atoms with Crippen molar-refractivity contribution < 1.29 is 13.5 Å². The first-order valence-corrected chi connectivity index (χ1v) is 6.29. The van der Waals surface area contributed by atoms with Crippen molar-refractivity contribution in [3.63, 3.8) is 0 Å². The SMILES string of the molecule is [CH]NS(=O)(=O)CCN1CCC(O)CC1. The predicted molar refractivity (Wildman–Crippen MR) is 52.9 cm³/mol. The Morgan fingerprint density at radius 1 is 1.43 bits per heavy atom. The number of aliphatic hydroxyl groups excluding tert-OH is 1. The van der Waals surface area contributed by atoms with E-state index in [1.165, 1.54) is 0 Å². The molecule has 0 aromatic heterocycles. The van der Waals surface area contributed by atoms with Crippen molar-refractivity contribution in [1.29, 1.82) is 0 Å². The van der Waals surface area contributed by atoms with E-state index in [0.717, 1.165) is 25.9 Å². The molecule has 0 saturated carbocycles. The van der Waals surface area contributed by atoms with Crippen LogP contribution < -0.4 is 4.72 Å². The smallest absolute Gasteiger partial charge is 0.213 e. The molecule has 1 rings (SSSR count). The molecule has 1 aliphatic rings. The lowest BCUT2D eigenvalue weighted by Crippen LogP contribution is -2.39. The van der Waals surface area contributed by atoms with Crippen LogP contribution in [0.1, 0.15) is 12.8 Å². The fourth-order valence-electron chi connectivity index (χ4n) is 1.45.